The highest BCUT2D eigenvalue weighted by molar-refractivity contribution is 7.99. The fourth-order valence-electron chi connectivity index (χ4n) is 1.83. The van der Waals surface area contributed by atoms with Crippen molar-refractivity contribution < 1.29 is 4.74 Å². The molecule has 5 heteroatoms. The van der Waals surface area contributed by atoms with Crippen LogP contribution in [0, 0.1) is 17.1 Å². The predicted molar refractivity (Wildman–Crippen MR) is 79.8 cm³/mol. The Kier molecular flexibility index (Phi) is 4.34. The fraction of sp³-hybridized carbons (Fsp3) is 0.308. The molecule has 0 saturated heterocycles. The number of methoxy groups -OCH3 is 1. The van der Waals surface area contributed by atoms with Gasteiger partial charge in [-0.1, -0.05) is 12.0 Å². The molecule has 0 fully saturated rings. The molecule has 0 unspecified atom stereocenters. The van der Waals surface area contributed by atoms with E-state index in [1.54, 1.807) is 18.9 Å². The van der Waals surface area contributed by atoms with Crippen molar-refractivity contribution in [3.8, 4) is 18.1 Å². The molecule has 1 N–H and O–H groups in total. The van der Waals surface area contributed by atoms with Crippen LogP contribution < -0.4 is 4.74 Å². The van der Waals surface area contributed by atoms with Gasteiger partial charge >= 0.3 is 0 Å². The Labute approximate surface area is 116 Å². The van der Waals surface area contributed by atoms with Crippen molar-refractivity contribution >= 4 is 35.0 Å². The molecule has 1 aromatic carbocycles. The van der Waals surface area contributed by atoms with E-state index in [1.165, 1.54) is 0 Å². The van der Waals surface area contributed by atoms with Crippen molar-refractivity contribution in [2.75, 3.05) is 18.6 Å². The van der Waals surface area contributed by atoms with Gasteiger partial charge in [0, 0.05) is 12.3 Å². The van der Waals surface area contributed by atoms with E-state index in [1.807, 2.05) is 18.2 Å². The van der Waals surface area contributed by atoms with E-state index < -0.39 is 0 Å². The van der Waals surface area contributed by atoms with E-state index in [0.717, 1.165) is 39.6 Å². The van der Waals surface area contributed by atoms with Crippen LogP contribution in [0.5, 0.6) is 5.75 Å². The van der Waals surface area contributed by atoms with Crippen LogP contribution in [0.15, 0.2) is 18.2 Å². The second-order valence-electron chi connectivity index (χ2n) is 3.69. The van der Waals surface area contributed by atoms with E-state index in [-0.39, 0.29) is 0 Å². The van der Waals surface area contributed by atoms with Gasteiger partial charge in [0.05, 0.1) is 18.4 Å². The molecule has 0 atom stereocenters. The summed E-state index contributed by atoms with van der Waals surface area (Å²) in [5.41, 5.74) is 2.02. The molecule has 0 aliphatic carbocycles. The van der Waals surface area contributed by atoms with Gasteiger partial charge < -0.3 is 14.3 Å². The largest absolute Gasteiger partial charge is 0.494 e. The number of terminal acetylenes is 1. The van der Waals surface area contributed by atoms with Crippen molar-refractivity contribution in [3.63, 3.8) is 0 Å². The molecule has 0 radical (unpaired) electrons. The minimum absolute atomic E-state index is 0.718. The number of fused-ring (bicyclic) bond motifs is 1. The highest BCUT2D eigenvalue weighted by Crippen LogP contribution is 2.24. The van der Waals surface area contributed by atoms with Gasteiger partial charge in [-0.3, -0.25) is 0 Å². The summed E-state index contributed by atoms with van der Waals surface area (Å²) in [5, 5.41) is 0. The summed E-state index contributed by atoms with van der Waals surface area (Å²) in [7, 11) is 1.66. The van der Waals surface area contributed by atoms with Gasteiger partial charge in [0.2, 0.25) is 0 Å². The number of imidazole rings is 1. The van der Waals surface area contributed by atoms with Gasteiger partial charge in [-0.2, -0.15) is 0 Å². The van der Waals surface area contributed by atoms with Crippen LogP contribution in [-0.2, 0) is 6.54 Å². The Morgan fingerprint density at radius 2 is 2.39 bits per heavy atom. The lowest BCUT2D eigenvalue weighted by molar-refractivity contribution is 0.419. The number of hydrogen-bond donors (Lipinski definition) is 1. The van der Waals surface area contributed by atoms with Gasteiger partial charge in [-0.15, -0.1) is 18.2 Å². The topological polar surface area (TPSA) is 29.9 Å². The first-order valence-corrected chi connectivity index (χ1v) is 7.11. The average molecular weight is 278 g/mol. The zero-order valence-corrected chi connectivity index (χ0v) is 11.7. The lowest BCUT2D eigenvalue weighted by Gasteiger charge is -2.04. The van der Waals surface area contributed by atoms with Crippen molar-refractivity contribution in [3.05, 3.63) is 23.0 Å². The Morgan fingerprint density at radius 1 is 1.56 bits per heavy atom. The molecule has 2 rings (SSSR count). The normalized spacial score (nSPS) is 10.4. The van der Waals surface area contributed by atoms with Gasteiger partial charge in [0.15, 0.2) is 4.77 Å². The third-order valence-electron chi connectivity index (χ3n) is 2.64. The SMILES string of the molecule is C#CCSCCn1c(=S)[nH]c2c(OC)cccc21. The smallest absolute Gasteiger partial charge is 0.178 e. The van der Waals surface area contributed by atoms with Crippen LogP contribution in [0.4, 0.5) is 0 Å². The minimum Gasteiger partial charge on any atom is -0.494 e. The van der Waals surface area contributed by atoms with Crippen molar-refractivity contribution in [1.29, 1.82) is 0 Å². The number of H-pyrrole nitrogens is 1. The van der Waals surface area contributed by atoms with E-state index >= 15 is 0 Å². The highest BCUT2D eigenvalue weighted by atomic mass is 32.2. The van der Waals surface area contributed by atoms with Gasteiger partial charge in [0.25, 0.3) is 0 Å². The number of thioether (sulfide) groups is 1. The summed E-state index contributed by atoms with van der Waals surface area (Å²) in [6.07, 6.45) is 5.23. The number of aryl methyl sites for hydroxylation is 1. The van der Waals surface area contributed by atoms with Crippen LogP contribution >= 0.6 is 24.0 Å². The number of ether oxygens (including phenoxy) is 1. The van der Waals surface area contributed by atoms with Gasteiger partial charge in [0.1, 0.15) is 11.3 Å². The number of nitrogens with zero attached hydrogens (tertiary/aromatic N) is 1. The number of aromatic nitrogens is 2. The summed E-state index contributed by atoms with van der Waals surface area (Å²) < 4.78 is 8.11. The Morgan fingerprint density at radius 3 is 3.11 bits per heavy atom. The third-order valence-corrected chi connectivity index (χ3v) is 3.80. The predicted octanol–water partition coefficient (Wildman–Crippen LogP) is 3.07. The molecular formula is C13H14N2OS2. The zero-order valence-electron chi connectivity index (χ0n) is 10.1. The lowest BCUT2D eigenvalue weighted by atomic mass is 10.3. The molecular weight excluding hydrogens is 264 g/mol. The van der Waals surface area contributed by atoms with E-state index in [4.69, 9.17) is 23.4 Å². The molecule has 94 valence electrons. The minimum atomic E-state index is 0.718. The monoisotopic (exact) mass is 278 g/mol. The van der Waals surface area contributed by atoms with E-state index in [9.17, 15) is 0 Å². The Hall–Kier alpha value is -1.38. The van der Waals surface area contributed by atoms with Crippen LogP contribution in [0.2, 0.25) is 0 Å². The van der Waals surface area contributed by atoms with Crippen LogP contribution in [-0.4, -0.2) is 28.2 Å². The molecule has 0 aliphatic rings. The molecule has 1 aromatic heterocycles. The number of nitrogens with one attached hydrogen (secondary N) is 1. The van der Waals surface area contributed by atoms with Crippen LogP contribution in [0.3, 0.4) is 0 Å². The fourth-order valence-corrected chi connectivity index (χ4v) is 2.70. The number of hydrogen-bond acceptors (Lipinski definition) is 3. The molecule has 18 heavy (non-hydrogen) atoms. The second-order valence-corrected chi connectivity index (χ2v) is 5.18. The standard InChI is InChI=1S/C13H14N2OS2/c1-3-8-18-9-7-15-10-5-4-6-11(16-2)12(10)14-13(15)17/h1,4-6H,7-9H2,2H3,(H,14,17). The first-order chi connectivity index (χ1) is 8.77. The maximum absolute atomic E-state index is 5.34. The Bertz CT molecular complexity index is 636. The second kappa shape index (κ2) is 5.98. The summed E-state index contributed by atoms with van der Waals surface area (Å²) in [6, 6.07) is 5.93. The highest BCUT2D eigenvalue weighted by Gasteiger charge is 2.08. The maximum Gasteiger partial charge on any atom is 0.178 e. The molecule has 3 nitrogen and oxygen atoms in total. The quantitative estimate of drug-likeness (QED) is 0.518. The number of rotatable bonds is 5. The van der Waals surface area contributed by atoms with Crippen molar-refractivity contribution in [2.24, 2.45) is 0 Å². The molecule has 2 aromatic rings. The molecule has 0 spiro atoms. The number of para-hydroxylation sites is 1. The van der Waals surface area contributed by atoms with Crippen LogP contribution in [0.1, 0.15) is 0 Å². The number of aromatic amines is 1. The first kappa shape index (κ1) is 13.1. The van der Waals surface area contributed by atoms with Gasteiger partial charge in [-0.25, -0.2) is 0 Å². The lowest BCUT2D eigenvalue weighted by Crippen LogP contribution is -2.00. The molecule has 1 heterocycles. The summed E-state index contributed by atoms with van der Waals surface area (Å²) in [6.45, 7) is 0.846. The average Bonchev–Trinajstić information content (AvgIpc) is 2.70. The molecule has 0 aliphatic heterocycles. The first-order valence-electron chi connectivity index (χ1n) is 5.54. The van der Waals surface area contributed by atoms with Crippen molar-refractivity contribution in [1.82, 2.24) is 9.55 Å². The van der Waals surface area contributed by atoms with Crippen molar-refractivity contribution in [2.45, 2.75) is 6.54 Å². The van der Waals surface area contributed by atoms with Gasteiger partial charge in [-0.05, 0) is 24.4 Å². The molecule has 0 bridgehead atoms. The summed E-state index contributed by atoms with van der Waals surface area (Å²) in [5.74, 6) is 5.11. The van der Waals surface area contributed by atoms with Crippen LogP contribution in [0.25, 0.3) is 11.0 Å². The zero-order chi connectivity index (χ0) is 13.0. The summed E-state index contributed by atoms with van der Waals surface area (Å²) in [4.78, 5) is 3.19. The molecule has 0 saturated carbocycles. The van der Waals surface area contributed by atoms with E-state index in [0.29, 0.717) is 0 Å². The number of benzene rings is 1. The molecule has 0 amide bonds. The Balaban J connectivity index is 2.31. The summed E-state index contributed by atoms with van der Waals surface area (Å²) >= 11 is 7.07. The third kappa shape index (κ3) is 2.55. The maximum atomic E-state index is 5.34. The van der Waals surface area contributed by atoms with E-state index in [2.05, 4.69) is 15.5 Å².